The van der Waals surface area contributed by atoms with E-state index in [9.17, 15) is 15.0 Å². The first-order chi connectivity index (χ1) is 10.0. The zero-order valence-corrected chi connectivity index (χ0v) is 12.6. The van der Waals surface area contributed by atoms with Gasteiger partial charge >= 0.3 is 4.87 Å². The van der Waals surface area contributed by atoms with Gasteiger partial charge in [-0.2, -0.15) is 0 Å². The minimum absolute atomic E-state index is 0.0229. The van der Waals surface area contributed by atoms with E-state index in [1.165, 1.54) is 14.2 Å². The van der Waals surface area contributed by atoms with Gasteiger partial charge in [0.05, 0.1) is 19.1 Å². The molecule has 1 aromatic carbocycles. The molecule has 0 spiro atoms. The molecule has 21 heavy (non-hydrogen) atoms. The van der Waals surface area contributed by atoms with Gasteiger partial charge < -0.3 is 19.7 Å². The van der Waals surface area contributed by atoms with Crippen LogP contribution in [0.15, 0.2) is 16.9 Å². The van der Waals surface area contributed by atoms with Crippen molar-refractivity contribution in [3.8, 4) is 23.1 Å². The molecule has 7 heteroatoms. The number of aryl methyl sites for hydroxylation is 2. The van der Waals surface area contributed by atoms with Crippen LogP contribution in [-0.4, -0.2) is 29.4 Å². The highest BCUT2D eigenvalue weighted by atomic mass is 32.1. The van der Waals surface area contributed by atoms with Crippen molar-refractivity contribution in [2.75, 3.05) is 14.2 Å². The molecule has 2 rings (SSSR count). The van der Waals surface area contributed by atoms with E-state index in [4.69, 9.17) is 9.47 Å². The molecule has 6 nitrogen and oxygen atoms in total. The van der Waals surface area contributed by atoms with E-state index in [0.717, 1.165) is 23.3 Å². The second-order valence-electron chi connectivity index (χ2n) is 4.49. The minimum Gasteiger partial charge on any atom is -0.502 e. The van der Waals surface area contributed by atoms with E-state index in [1.807, 2.05) is 0 Å². The molecule has 0 bridgehead atoms. The fraction of sp³-hybridized carbons (Fsp3) is 0.357. The minimum atomic E-state index is -0.254. The van der Waals surface area contributed by atoms with Gasteiger partial charge in [-0.25, -0.2) is 0 Å². The summed E-state index contributed by atoms with van der Waals surface area (Å²) in [5.74, 6) is 0.646. The number of aromatic hydroxyl groups is 2. The predicted octanol–water partition coefficient (Wildman–Crippen LogP) is 2.04. The third-order valence-electron chi connectivity index (χ3n) is 3.11. The number of H-pyrrole nitrogens is 1. The van der Waals surface area contributed by atoms with Crippen LogP contribution in [0.5, 0.6) is 23.1 Å². The molecule has 0 unspecified atom stereocenters. The van der Waals surface area contributed by atoms with Gasteiger partial charge in [0.1, 0.15) is 0 Å². The van der Waals surface area contributed by atoms with Crippen molar-refractivity contribution in [2.24, 2.45) is 0 Å². The number of rotatable bonds is 6. The molecule has 0 amide bonds. The van der Waals surface area contributed by atoms with Crippen molar-refractivity contribution in [1.82, 2.24) is 4.98 Å². The molecule has 0 radical (unpaired) electrons. The molecule has 1 heterocycles. The van der Waals surface area contributed by atoms with Gasteiger partial charge in [-0.05, 0) is 37.0 Å². The molecule has 114 valence electrons. The van der Waals surface area contributed by atoms with Crippen molar-refractivity contribution in [1.29, 1.82) is 0 Å². The largest absolute Gasteiger partial charge is 0.502 e. The Balaban J connectivity index is 2.06. The maximum absolute atomic E-state index is 11.1. The van der Waals surface area contributed by atoms with Crippen molar-refractivity contribution >= 4 is 11.3 Å². The van der Waals surface area contributed by atoms with Gasteiger partial charge in [-0.15, -0.1) is 0 Å². The standard InChI is InChI=1S/C14H17NO5S/c1-19-9-6-8(7-10(20-2)12(9)16)4-3-5-11-13(17)15-14(18)21-11/h6-7,16-17H,3-5H2,1-2H3,(H,15,18). The number of aromatic nitrogens is 1. The average molecular weight is 311 g/mol. The van der Waals surface area contributed by atoms with Crippen LogP contribution in [0.1, 0.15) is 16.9 Å². The number of hydrogen-bond acceptors (Lipinski definition) is 6. The first-order valence-corrected chi connectivity index (χ1v) is 7.21. The Kier molecular flexibility index (Phi) is 4.74. The number of benzene rings is 1. The molecule has 0 fully saturated rings. The summed E-state index contributed by atoms with van der Waals surface area (Å²) in [6.07, 6.45) is 2.05. The fourth-order valence-electron chi connectivity index (χ4n) is 2.07. The molecule has 0 saturated carbocycles. The Morgan fingerprint density at radius 2 is 1.76 bits per heavy atom. The van der Waals surface area contributed by atoms with Crippen molar-refractivity contribution in [3.05, 3.63) is 32.2 Å². The number of ether oxygens (including phenoxy) is 2. The van der Waals surface area contributed by atoms with Gasteiger partial charge in [0, 0.05) is 0 Å². The number of thiazole rings is 1. The topological polar surface area (TPSA) is 91.8 Å². The van der Waals surface area contributed by atoms with Crippen LogP contribution in [0.25, 0.3) is 0 Å². The van der Waals surface area contributed by atoms with E-state index in [2.05, 4.69) is 4.98 Å². The summed E-state index contributed by atoms with van der Waals surface area (Å²) < 4.78 is 10.2. The maximum Gasteiger partial charge on any atom is 0.307 e. The summed E-state index contributed by atoms with van der Waals surface area (Å²) in [5.41, 5.74) is 0.948. The summed E-state index contributed by atoms with van der Waals surface area (Å²) in [6, 6.07) is 3.49. The molecule has 0 atom stereocenters. The zero-order chi connectivity index (χ0) is 15.4. The lowest BCUT2D eigenvalue weighted by atomic mass is 10.1. The Hall–Kier alpha value is -2.15. The second kappa shape index (κ2) is 6.53. The number of methoxy groups -OCH3 is 2. The molecule has 3 N–H and O–H groups in total. The molecule has 0 aliphatic carbocycles. The maximum atomic E-state index is 11.1. The first kappa shape index (κ1) is 15.2. The Bertz CT molecular complexity index is 651. The second-order valence-corrected chi connectivity index (χ2v) is 5.56. The third-order valence-corrected chi connectivity index (χ3v) is 4.04. The van der Waals surface area contributed by atoms with Crippen molar-refractivity contribution < 1.29 is 19.7 Å². The van der Waals surface area contributed by atoms with E-state index in [-0.39, 0.29) is 16.5 Å². The SMILES string of the molecule is COc1cc(CCCc2sc(=O)[nH]c2O)cc(OC)c1O. The molecule has 0 saturated heterocycles. The van der Waals surface area contributed by atoms with Gasteiger partial charge in [0.2, 0.25) is 11.6 Å². The Labute approximate surface area is 125 Å². The molecule has 1 aromatic heterocycles. The fourth-order valence-corrected chi connectivity index (χ4v) is 2.83. The zero-order valence-electron chi connectivity index (χ0n) is 11.8. The lowest BCUT2D eigenvalue weighted by Crippen LogP contribution is -1.94. The van der Waals surface area contributed by atoms with Crippen LogP contribution in [0.4, 0.5) is 0 Å². The summed E-state index contributed by atoms with van der Waals surface area (Å²) in [6.45, 7) is 0. The van der Waals surface area contributed by atoms with Crippen molar-refractivity contribution in [2.45, 2.75) is 19.3 Å². The lowest BCUT2D eigenvalue weighted by Gasteiger charge is -2.11. The summed E-state index contributed by atoms with van der Waals surface area (Å²) in [7, 11) is 2.96. The van der Waals surface area contributed by atoms with Gasteiger partial charge in [-0.3, -0.25) is 9.78 Å². The summed E-state index contributed by atoms with van der Waals surface area (Å²) >= 11 is 1.02. The van der Waals surface area contributed by atoms with Crippen LogP contribution >= 0.6 is 11.3 Å². The van der Waals surface area contributed by atoms with E-state index in [1.54, 1.807) is 12.1 Å². The van der Waals surface area contributed by atoms with Gasteiger partial charge in [-0.1, -0.05) is 11.3 Å². The van der Waals surface area contributed by atoms with E-state index < -0.39 is 0 Å². The molecule has 0 aliphatic rings. The average Bonchev–Trinajstić information content (AvgIpc) is 2.78. The normalized spacial score (nSPS) is 10.6. The Morgan fingerprint density at radius 1 is 1.14 bits per heavy atom. The van der Waals surface area contributed by atoms with E-state index in [0.29, 0.717) is 29.2 Å². The van der Waals surface area contributed by atoms with Crippen LogP contribution in [0.2, 0.25) is 0 Å². The number of hydrogen-bond donors (Lipinski definition) is 3. The lowest BCUT2D eigenvalue weighted by molar-refractivity contribution is 0.339. The number of phenols is 1. The summed E-state index contributed by atoms with van der Waals surface area (Å²) in [4.78, 5) is 13.8. The summed E-state index contributed by atoms with van der Waals surface area (Å²) in [5, 5.41) is 19.3. The molecule has 0 aliphatic heterocycles. The predicted molar refractivity (Wildman–Crippen MR) is 79.8 cm³/mol. The first-order valence-electron chi connectivity index (χ1n) is 6.40. The van der Waals surface area contributed by atoms with Crippen LogP contribution in [0.3, 0.4) is 0 Å². The monoisotopic (exact) mass is 311 g/mol. The smallest absolute Gasteiger partial charge is 0.307 e. The van der Waals surface area contributed by atoms with Crippen LogP contribution in [0, 0.1) is 0 Å². The quantitative estimate of drug-likeness (QED) is 0.759. The molecule has 2 aromatic rings. The third kappa shape index (κ3) is 3.49. The van der Waals surface area contributed by atoms with Crippen LogP contribution < -0.4 is 14.3 Å². The van der Waals surface area contributed by atoms with Crippen LogP contribution in [-0.2, 0) is 12.8 Å². The van der Waals surface area contributed by atoms with Crippen molar-refractivity contribution in [3.63, 3.8) is 0 Å². The van der Waals surface area contributed by atoms with E-state index >= 15 is 0 Å². The highest BCUT2D eigenvalue weighted by Gasteiger charge is 2.12. The molecular formula is C14H17NO5S. The highest BCUT2D eigenvalue weighted by Crippen LogP contribution is 2.37. The molecular weight excluding hydrogens is 294 g/mol. The Morgan fingerprint density at radius 3 is 2.24 bits per heavy atom. The number of nitrogens with one attached hydrogen (secondary N) is 1. The number of phenolic OH excluding ortho intramolecular Hbond substituents is 1. The highest BCUT2D eigenvalue weighted by molar-refractivity contribution is 7.09. The number of aromatic amines is 1. The van der Waals surface area contributed by atoms with Gasteiger partial charge in [0.15, 0.2) is 11.5 Å². The van der Waals surface area contributed by atoms with Gasteiger partial charge in [0.25, 0.3) is 0 Å².